The molecule has 1 heteroatoms. The Bertz CT molecular complexity index is 181. The molecule has 1 atom stereocenters. The van der Waals surface area contributed by atoms with Gasteiger partial charge in [0.1, 0.15) is 0 Å². The molecule has 53 valence electrons. The van der Waals surface area contributed by atoms with E-state index in [2.05, 4.69) is 59.6 Å². The van der Waals surface area contributed by atoms with E-state index in [0.29, 0.717) is 5.92 Å². The summed E-state index contributed by atoms with van der Waals surface area (Å²) in [5.41, 5.74) is 1.45. The Labute approximate surface area is 75.6 Å². The van der Waals surface area contributed by atoms with Gasteiger partial charge in [0.25, 0.3) is 0 Å². The van der Waals surface area contributed by atoms with Crippen molar-refractivity contribution in [3.63, 3.8) is 0 Å². The van der Waals surface area contributed by atoms with Crippen molar-refractivity contribution in [3.05, 3.63) is 35.9 Å². The molecule has 0 fully saturated rings. The monoisotopic (exact) mass is 249 g/mol. The van der Waals surface area contributed by atoms with E-state index in [1.807, 2.05) is 0 Å². The average Bonchev–Trinajstić information content (AvgIpc) is 2.05. The predicted octanol–water partition coefficient (Wildman–Crippen LogP) is 2.38. The first-order valence-corrected chi connectivity index (χ1v) is 5.12. The van der Waals surface area contributed by atoms with Crippen LogP contribution in [0.1, 0.15) is 18.4 Å². The van der Waals surface area contributed by atoms with Crippen molar-refractivity contribution in [3.8, 4) is 0 Å². The topological polar surface area (TPSA) is 0 Å². The van der Waals surface area contributed by atoms with Crippen molar-refractivity contribution in [2.45, 2.75) is 17.3 Å². The third-order valence-corrected chi connectivity index (χ3v) is 3.05. The number of hydrogen-bond acceptors (Lipinski definition) is 0. The molecule has 0 heterocycles. The van der Waals surface area contributed by atoms with Crippen LogP contribution in [0.2, 0.25) is 4.47 Å². The first kappa shape index (κ1) is 8.11. The van der Waals surface area contributed by atoms with Crippen LogP contribution in [0.3, 0.4) is 0 Å². The van der Waals surface area contributed by atoms with Crippen LogP contribution >= 0.6 is 0 Å². The summed E-state index contributed by atoms with van der Waals surface area (Å²) in [4.78, 5) is 0. The molecule has 0 bridgehead atoms. The molecule has 1 radical (unpaired) electrons. The molecule has 1 aromatic rings. The molecule has 1 rings (SSSR count). The van der Waals surface area contributed by atoms with Crippen molar-refractivity contribution in [2.24, 2.45) is 0 Å². The zero-order valence-electron chi connectivity index (χ0n) is 6.08. The Morgan fingerprint density at radius 2 is 1.90 bits per heavy atom. The third kappa shape index (κ3) is 2.01. The maximum atomic E-state index is 2.26. The van der Waals surface area contributed by atoms with E-state index in [1.165, 1.54) is 10.0 Å². The van der Waals surface area contributed by atoms with Crippen molar-refractivity contribution in [1.82, 2.24) is 0 Å². The summed E-state index contributed by atoms with van der Waals surface area (Å²) in [6, 6.07) is 10.6. The Kier molecular flexibility index (Phi) is 3.25. The Balaban J connectivity index is 2.75. The van der Waals surface area contributed by atoms with E-state index in [1.54, 1.807) is 0 Å². The second-order valence-corrected chi connectivity index (χ2v) is 3.43. The Morgan fingerprint density at radius 1 is 1.30 bits per heavy atom. The van der Waals surface area contributed by atoms with Crippen LogP contribution in [0.25, 0.3) is 0 Å². The van der Waals surface area contributed by atoms with Gasteiger partial charge in [-0.3, -0.25) is 0 Å². The molecule has 0 N–H and O–H groups in total. The van der Waals surface area contributed by atoms with Crippen molar-refractivity contribution >= 4 is 22.3 Å². The van der Waals surface area contributed by atoms with Crippen molar-refractivity contribution < 1.29 is 0 Å². The van der Waals surface area contributed by atoms with Crippen LogP contribution < -0.4 is 0 Å². The maximum absolute atomic E-state index is 2.26. The van der Waals surface area contributed by atoms with Gasteiger partial charge in [-0.2, -0.15) is 0 Å². The van der Waals surface area contributed by atoms with E-state index in [4.69, 9.17) is 0 Å². The minimum absolute atomic E-state index is 0.714. The molecule has 0 saturated heterocycles. The Hall–Kier alpha value is 0.00961. The summed E-state index contributed by atoms with van der Waals surface area (Å²) in [5, 5.41) is 0. The van der Waals surface area contributed by atoms with Crippen LogP contribution in [0.5, 0.6) is 0 Å². The van der Waals surface area contributed by atoms with Crippen molar-refractivity contribution in [2.75, 3.05) is 0 Å². The van der Waals surface area contributed by atoms with E-state index in [0.717, 1.165) is 0 Å². The quantitative estimate of drug-likeness (QED) is 0.703. The molecule has 0 saturated carbocycles. The number of hydrogen-bond donors (Lipinski definition) is 0. The molecule has 0 aromatic heterocycles. The molecule has 10 heavy (non-hydrogen) atoms. The fraction of sp³-hybridized carbons (Fsp3) is 0.333. The molecule has 0 aliphatic heterocycles. The van der Waals surface area contributed by atoms with Gasteiger partial charge in [-0.25, -0.2) is 0 Å². The number of rotatable bonds is 2. The summed E-state index contributed by atoms with van der Waals surface area (Å²) in [5.74, 6) is 0.714. The first-order chi connectivity index (χ1) is 4.84. The summed E-state index contributed by atoms with van der Waals surface area (Å²) in [7, 11) is 0. The molecule has 1 unspecified atom stereocenters. The summed E-state index contributed by atoms with van der Waals surface area (Å²) in [6.07, 6.45) is 0. The molecule has 0 aliphatic carbocycles. The first-order valence-electron chi connectivity index (χ1n) is 3.47. The molecule has 0 aliphatic rings. The molecular formula is C9H11Te. The van der Waals surface area contributed by atoms with Gasteiger partial charge in [0.05, 0.1) is 0 Å². The molecule has 0 nitrogen and oxygen atoms in total. The summed E-state index contributed by atoms with van der Waals surface area (Å²) >= 11 is 2.15. The fourth-order valence-electron chi connectivity index (χ4n) is 0.878. The fourth-order valence-corrected chi connectivity index (χ4v) is 1.43. The van der Waals surface area contributed by atoms with Crippen molar-refractivity contribution in [1.29, 1.82) is 0 Å². The van der Waals surface area contributed by atoms with E-state index in [9.17, 15) is 0 Å². The summed E-state index contributed by atoms with van der Waals surface area (Å²) < 4.78 is 1.24. The summed E-state index contributed by atoms with van der Waals surface area (Å²) in [6.45, 7) is 2.26. The molecule has 1 aromatic carbocycles. The van der Waals surface area contributed by atoms with Gasteiger partial charge in [0.15, 0.2) is 0 Å². The van der Waals surface area contributed by atoms with E-state index >= 15 is 0 Å². The second-order valence-electron chi connectivity index (χ2n) is 2.48. The third-order valence-electron chi connectivity index (χ3n) is 1.62. The van der Waals surface area contributed by atoms with Crippen LogP contribution in [-0.4, -0.2) is 22.3 Å². The van der Waals surface area contributed by atoms with Crippen LogP contribution in [0, 0.1) is 0 Å². The average molecular weight is 247 g/mol. The van der Waals surface area contributed by atoms with Gasteiger partial charge in [0.2, 0.25) is 0 Å². The van der Waals surface area contributed by atoms with Crippen LogP contribution in [-0.2, 0) is 0 Å². The zero-order valence-corrected chi connectivity index (χ0v) is 8.41. The van der Waals surface area contributed by atoms with Gasteiger partial charge in [0, 0.05) is 0 Å². The predicted molar refractivity (Wildman–Crippen MR) is 45.4 cm³/mol. The molecular weight excluding hydrogens is 236 g/mol. The zero-order chi connectivity index (χ0) is 7.40. The van der Waals surface area contributed by atoms with E-state index < -0.39 is 0 Å². The van der Waals surface area contributed by atoms with Gasteiger partial charge in [-0.1, -0.05) is 0 Å². The normalized spacial score (nSPS) is 13.0. The van der Waals surface area contributed by atoms with Gasteiger partial charge >= 0.3 is 75.5 Å². The van der Waals surface area contributed by atoms with Gasteiger partial charge in [-0.15, -0.1) is 0 Å². The van der Waals surface area contributed by atoms with Gasteiger partial charge in [-0.05, 0) is 0 Å². The minimum atomic E-state index is 0.714. The SMILES string of the molecule is CC(C[Te])c1ccccc1. The van der Waals surface area contributed by atoms with Gasteiger partial charge < -0.3 is 0 Å². The molecule has 0 amide bonds. The Morgan fingerprint density at radius 3 is 2.40 bits per heavy atom. The van der Waals surface area contributed by atoms with E-state index in [-0.39, 0.29) is 0 Å². The number of benzene rings is 1. The standard InChI is InChI=1S/C9H11Te/c1-8(7-10)9-5-3-2-4-6-9/h2-6,8H,7H2,1H3. The van der Waals surface area contributed by atoms with Crippen LogP contribution in [0.15, 0.2) is 30.3 Å². The second kappa shape index (κ2) is 4.01. The van der Waals surface area contributed by atoms with Crippen LogP contribution in [0.4, 0.5) is 0 Å². The molecule has 0 spiro atoms.